The van der Waals surface area contributed by atoms with E-state index in [-0.39, 0.29) is 11.8 Å². The molecule has 0 radical (unpaired) electrons. The predicted octanol–water partition coefficient (Wildman–Crippen LogP) is 3.20. The molecule has 0 aliphatic carbocycles. The fraction of sp³-hybridized carbons (Fsp3) is 0.316. The second-order valence-corrected chi connectivity index (χ2v) is 5.95. The van der Waals surface area contributed by atoms with Crippen molar-refractivity contribution in [3.8, 4) is 11.5 Å². The van der Waals surface area contributed by atoms with Crippen molar-refractivity contribution in [2.45, 2.75) is 0 Å². The summed E-state index contributed by atoms with van der Waals surface area (Å²) in [7, 11) is 3.12. The lowest BCUT2D eigenvalue weighted by atomic mass is 10.2. The first-order valence-corrected chi connectivity index (χ1v) is 8.39. The second kappa shape index (κ2) is 7.95. The van der Waals surface area contributed by atoms with Crippen molar-refractivity contribution in [1.82, 2.24) is 4.90 Å². The summed E-state index contributed by atoms with van der Waals surface area (Å²) in [5.74, 6) is 0.947. The number of carbonyl (C=O) groups excluding carboxylic acids is 1. The Morgan fingerprint density at radius 2 is 1.81 bits per heavy atom. The normalized spacial score (nSPS) is 14.1. The first-order chi connectivity index (χ1) is 12.6. The average molecular weight is 359 g/mol. The Hall–Kier alpha value is -2.96. The standard InChI is InChI=1S/C19H22FN3O3/c1-25-16-6-7-18(26-2)17(13-16)21-19(24)23-10-8-22(9-11-23)15-5-3-4-14(20)12-15/h3-7,12-13H,8-11H2,1-2H3,(H,21,24). The number of urea groups is 1. The number of ether oxygens (including phenoxy) is 2. The maximum absolute atomic E-state index is 13.4. The van der Waals surface area contributed by atoms with E-state index in [0.717, 1.165) is 5.69 Å². The molecular formula is C19H22FN3O3. The lowest BCUT2D eigenvalue weighted by Gasteiger charge is -2.36. The molecule has 1 aliphatic heterocycles. The minimum Gasteiger partial charge on any atom is -0.497 e. The van der Waals surface area contributed by atoms with Crippen LogP contribution in [-0.2, 0) is 0 Å². The summed E-state index contributed by atoms with van der Waals surface area (Å²) in [4.78, 5) is 16.4. The van der Waals surface area contributed by atoms with Crippen LogP contribution in [0.2, 0.25) is 0 Å². The first kappa shape index (κ1) is 17.8. The van der Waals surface area contributed by atoms with Crippen molar-refractivity contribution < 1.29 is 18.7 Å². The van der Waals surface area contributed by atoms with Crippen LogP contribution in [0.4, 0.5) is 20.6 Å². The fourth-order valence-electron chi connectivity index (χ4n) is 2.95. The molecule has 26 heavy (non-hydrogen) atoms. The van der Waals surface area contributed by atoms with Crippen LogP contribution in [-0.4, -0.2) is 51.3 Å². The second-order valence-electron chi connectivity index (χ2n) is 5.95. The maximum atomic E-state index is 13.4. The smallest absolute Gasteiger partial charge is 0.322 e. The van der Waals surface area contributed by atoms with E-state index in [1.165, 1.54) is 12.1 Å². The van der Waals surface area contributed by atoms with Gasteiger partial charge in [0.1, 0.15) is 17.3 Å². The summed E-state index contributed by atoms with van der Waals surface area (Å²) in [5.41, 5.74) is 1.39. The van der Waals surface area contributed by atoms with Crippen molar-refractivity contribution in [3.63, 3.8) is 0 Å². The van der Waals surface area contributed by atoms with Crippen LogP contribution in [0, 0.1) is 5.82 Å². The Labute approximate surface area is 152 Å². The molecule has 3 rings (SSSR count). The summed E-state index contributed by atoms with van der Waals surface area (Å²) >= 11 is 0. The highest BCUT2D eigenvalue weighted by Gasteiger charge is 2.22. The van der Waals surface area contributed by atoms with Gasteiger partial charge in [0, 0.05) is 37.9 Å². The Balaban J connectivity index is 1.62. The number of anilines is 2. The molecule has 7 heteroatoms. The van der Waals surface area contributed by atoms with Gasteiger partial charge in [-0.15, -0.1) is 0 Å². The highest BCUT2D eigenvalue weighted by Crippen LogP contribution is 2.29. The fourth-order valence-corrected chi connectivity index (χ4v) is 2.95. The summed E-state index contributed by atoms with van der Waals surface area (Å²) in [6, 6.07) is 11.5. The zero-order chi connectivity index (χ0) is 18.5. The van der Waals surface area contributed by atoms with E-state index < -0.39 is 0 Å². The number of nitrogens with one attached hydrogen (secondary N) is 1. The third-order valence-corrected chi connectivity index (χ3v) is 4.39. The number of amides is 2. The van der Waals surface area contributed by atoms with Crippen molar-refractivity contribution in [1.29, 1.82) is 0 Å². The molecule has 1 heterocycles. The van der Waals surface area contributed by atoms with Gasteiger partial charge in [0.25, 0.3) is 0 Å². The highest BCUT2D eigenvalue weighted by molar-refractivity contribution is 5.91. The van der Waals surface area contributed by atoms with Crippen molar-refractivity contribution in [2.24, 2.45) is 0 Å². The molecule has 1 fully saturated rings. The maximum Gasteiger partial charge on any atom is 0.322 e. The lowest BCUT2D eigenvalue weighted by molar-refractivity contribution is 0.208. The molecule has 138 valence electrons. The topological polar surface area (TPSA) is 54.0 Å². The molecule has 0 aromatic heterocycles. The van der Waals surface area contributed by atoms with E-state index in [1.807, 2.05) is 6.07 Å². The lowest BCUT2D eigenvalue weighted by Crippen LogP contribution is -2.50. The zero-order valence-electron chi connectivity index (χ0n) is 14.9. The third-order valence-electron chi connectivity index (χ3n) is 4.39. The van der Waals surface area contributed by atoms with Gasteiger partial charge in [0.05, 0.1) is 19.9 Å². The number of nitrogens with zero attached hydrogens (tertiary/aromatic N) is 2. The number of benzene rings is 2. The van der Waals surface area contributed by atoms with Crippen LogP contribution in [0.1, 0.15) is 0 Å². The molecule has 0 bridgehead atoms. The summed E-state index contributed by atoms with van der Waals surface area (Å²) < 4.78 is 23.9. The van der Waals surface area contributed by atoms with Gasteiger partial charge in [-0.3, -0.25) is 0 Å². The molecule has 0 unspecified atom stereocenters. The van der Waals surface area contributed by atoms with Crippen LogP contribution < -0.4 is 19.7 Å². The molecule has 6 nitrogen and oxygen atoms in total. The van der Waals surface area contributed by atoms with Gasteiger partial charge >= 0.3 is 6.03 Å². The Kier molecular flexibility index (Phi) is 5.46. The van der Waals surface area contributed by atoms with Gasteiger partial charge in [-0.2, -0.15) is 0 Å². The van der Waals surface area contributed by atoms with Crippen LogP contribution >= 0.6 is 0 Å². The van der Waals surface area contributed by atoms with Gasteiger partial charge in [0.2, 0.25) is 0 Å². The van der Waals surface area contributed by atoms with Gasteiger partial charge in [0.15, 0.2) is 0 Å². The Morgan fingerprint density at radius 3 is 2.46 bits per heavy atom. The minimum atomic E-state index is -0.257. The van der Waals surface area contributed by atoms with Gasteiger partial charge < -0.3 is 24.6 Å². The van der Waals surface area contributed by atoms with E-state index in [1.54, 1.807) is 43.4 Å². The number of piperazine rings is 1. The molecule has 0 atom stereocenters. The van der Waals surface area contributed by atoms with E-state index in [4.69, 9.17) is 9.47 Å². The first-order valence-electron chi connectivity index (χ1n) is 8.39. The third kappa shape index (κ3) is 3.99. The van der Waals surface area contributed by atoms with E-state index in [2.05, 4.69) is 10.2 Å². The number of hydrogen-bond donors (Lipinski definition) is 1. The molecule has 2 amide bonds. The Morgan fingerprint density at radius 1 is 1.04 bits per heavy atom. The number of methoxy groups -OCH3 is 2. The summed E-state index contributed by atoms with van der Waals surface area (Å²) in [6.07, 6.45) is 0. The minimum absolute atomic E-state index is 0.199. The van der Waals surface area contributed by atoms with Crippen LogP contribution in [0.3, 0.4) is 0 Å². The van der Waals surface area contributed by atoms with Gasteiger partial charge in [-0.1, -0.05) is 6.07 Å². The molecule has 2 aromatic rings. The molecule has 0 saturated carbocycles. The monoisotopic (exact) mass is 359 g/mol. The van der Waals surface area contributed by atoms with Crippen LogP contribution in [0.5, 0.6) is 11.5 Å². The number of carbonyl (C=O) groups is 1. The largest absolute Gasteiger partial charge is 0.497 e. The van der Waals surface area contributed by atoms with Crippen LogP contribution in [0.15, 0.2) is 42.5 Å². The summed E-state index contributed by atoms with van der Waals surface area (Å²) in [5, 5.41) is 2.87. The highest BCUT2D eigenvalue weighted by atomic mass is 19.1. The van der Waals surface area contributed by atoms with Crippen molar-refractivity contribution in [2.75, 3.05) is 50.6 Å². The molecule has 2 aromatic carbocycles. The van der Waals surface area contributed by atoms with Gasteiger partial charge in [-0.05, 0) is 30.3 Å². The van der Waals surface area contributed by atoms with E-state index in [0.29, 0.717) is 43.4 Å². The summed E-state index contributed by atoms with van der Waals surface area (Å²) in [6.45, 7) is 2.39. The zero-order valence-corrected chi connectivity index (χ0v) is 14.9. The van der Waals surface area contributed by atoms with Crippen LogP contribution in [0.25, 0.3) is 0 Å². The number of rotatable bonds is 4. The van der Waals surface area contributed by atoms with Crippen molar-refractivity contribution in [3.05, 3.63) is 48.3 Å². The molecule has 0 spiro atoms. The van der Waals surface area contributed by atoms with E-state index >= 15 is 0 Å². The molecule has 1 N–H and O–H groups in total. The van der Waals surface area contributed by atoms with E-state index in [9.17, 15) is 9.18 Å². The van der Waals surface area contributed by atoms with Gasteiger partial charge in [-0.25, -0.2) is 9.18 Å². The number of hydrogen-bond acceptors (Lipinski definition) is 4. The average Bonchev–Trinajstić information content (AvgIpc) is 2.68. The molecular weight excluding hydrogens is 337 g/mol. The van der Waals surface area contributed by atoms with Crippen molar-refractivity contribution >= 4 is 17.4 Å². The number of halogens is 1. The Bertz CT molecular complexity index is 776. The quantitative estimate of drug-likeness (QED) is 0.911. The molecule has 1 saturated heterocycles. The SMILES string of the molecule is COc1ccc(OC)c(NC(=O)N2CCN(c3cccc(F)c3)CC2)c1. The molecule has 1 aliphatic rings. The predicted molar refractivity (Wildman–Crippen MR) is 98.8 cm³/mol.